The predicted octanol–water partition coefficient (Wildman–Crippen LogP) is 2.92. The van der Waals surface area contributed by atoms with Crippen LogP contribution in [0.5, 0.6) is 11.5 Å². The van der Waals surface area contributed by atoms with Crippen molar-refractivity contribution in [3.8, 4) is 11.5 Å². The normalized spacial score (nSPS) is 14.0. The summed E-state index contributed by atoms with van der Waals surface area (Å²) in [6, 6.07) is 12.5. The van der Waals surface area contributed by atoms with Crippen molar-refractivity contribution in [3.05, 3.63) is 53.9 Å². The van der Waals surface area contributed by atoms with Crippen molar-refractivity contribution >= 4 is 0 Å². The molecule has 2 aromatic rings. The van der Waals surface area contributed by atoms with Crippen LogP contribution < -0.4 is 14.8 Å². The number of para-hydroxylation sites is 1. The van der Waals surface area contributed by atoms with Gasteiger partial charge in [0.1, 0.15) is 18.1 Å². The molecule has 1 fully saturated rings. The molecule has 1 aromatic carbocycles. The molecule has 0 saturated heterocycles. The van der Waals surface area contributed by atoms with E-state index in [1.807, 2.05) is 36.4 Å². The quantitative estimate of drug-likeness (QED) is 0.849. The number of hydrogen-bond donors (Lipinski definition) is 1. The van der Waals surface area contributed by atoms with E-state index in [1.54, 1.807) is 13.3 Å². The third-order valence-corrected chi connectivity index (χ3v) is 3.53. The summed E-state index contributed by atoms with van der Waals surface area (Å²) in [5.74, 6) is 1.62. The maximum Gasteiger partial charge on any atom is 0.138 e. The fourth-order valence-electron chi connectivity index (χ4n) is 2.12. The molecule has 1 aliphatic carbocycles. The van der Waals surface area contributed by atoms with Gasteiger partial charge in [0.15, 0.2) is 0 Å². The van der Waals surface area contributed by atoms with Gasteiger partial charge in [0.05, 0.1) is 19.0 Å². The molecule has 0 spiro atoms. The summed E-state index contributed by atoms with van der Waals surface area (Å²) in [5.41, 5.74) is 2.08. The first-order valence-electron chi connectivity index (χ1n) is 7.28. The minimum absolute atomic E-state index is 0.478. The second kappa shape index (κ2) is 6.59. The van der Waals surface area contributed by atoms with Gasteiger partial charge in [-0.25, -0.2) is 0 Å². The molecular formula is C17H20N2O2. The molecule has 1 aromatic heterocycles. The molecule has 110 valence electrons. The summed E-state index contributed by atoms with van der Waals surface area (Å²) in [4.78, 5) is 4.41. The third-order valence-electron chi connectivity index (χ3n) is 3.53. The fraction of sp³-hybridized carbons (Fsp3) is 0.353. The number of pyridine rings is 1. The molecular weight excluding hydrogens is 264 g/mol. The predicted molar refractivity (Wildman–Crippen MR) is 81.4 cm³/mol. The summed E-state index contributed by atoms with van der Waals surface area (Å²) < 4.78 is 11.1. The highest BCUT2D eigenvalue weighted by Crippen LogP contribution is 2.21. The van der Waals surface area contributed by atoms with Crippen molar-refractivity contribution in [2.45, 2.75) is 32.0 Å². The zero-order valence-electron chi connectivity index (χ0n) is 12.2. The number of nitrogens with zero attached hydrogens (tertiary/aromatic N) is 1. The molecule has 4 heteroatoms. The zero-order chi connectivity index (χ0) is 14.5. The van der Waals surface area contributed by atoms with Crippen molar-refractivity contribution < 1.29 is 9.47 Å². The maximum absolute atomic E-state index is 5.76. The van der Waals surface area contributed by atoms with E-state index in [9.17, 15) is 0 Å². The lowest BCUT2D eigenvalue weighted by atomic mass is 10.2. The molecule has 0 radical (unpaired) electrons. The summed E-state index contributed by atoms with van der Waals surface area (Å²) in [6.45, 7) is 1.31. The molecule has 0 aliphatic heterocycles. The first-order chi connectivity index (χ1) is 10.3. The van der Waals surface area contributed by atoms with Crippen molar-refractivity contribution in [1.82, 2.24) is 10.3 Å². The van der Waals surface area contributed by atoms with E-state index in [0.29, 0.717) is 12.6 Å². The van der Waals surface area contributed by atoms with Gasteiger partial charge < -0.3 is 14.8 Å². The molecule has 1 heterocycles. The molecule has 0 atom stereocenters. The van der Waals surface area contributed by atoms with Crippen molar-refractivity contribution in [3.63, 3.8) is 0 Å². The molecule has 1 aliphatic rings. The Morgan fingerprint density at radius 2 is 2.05 bits per heavy atom. The van der Waals surface area contributed by atoms with Gasteiger partial charge in [-0.2, -0.15) is 0 Å². The van der Waals surface area contributed by atoms with Gasteiger partial charge in [0.2, 0.25) is 0 Å². The molecule has 1 saturated carbocycles. The van der Waals surface area contributed by atoms with E-state index in [2.05, 4.69) is 10.3 Å². The lowest BCUT2D eigenvalue weighted by molar-refractivity contribution is 0.295. The second-order valence-corrected chi connectivity index (χ2v) is 5.24. The molecule has 0 amide bonds. The Bertz CT molecular complexity index is 580. The summed E-state index contributed by atoms with van der Waals surface area (Å²) in [5, 5.41) is 3.45. The minimum Gasteiger partial charge on any atom is -0.496 e. The average molecular weight is 284 g/mol. The summed E-state index contributed by atoms with van der Waals surface area (Å²) in [6.07, 6.45) is 4.36. The molecule has 21 heavy (non-hydrogen) atoms. The standard InChI is InChI=1S/C17H20N2O2/c1-20-17-5-3-2-4-13(17)12-21-16-9-8-15(19-11-16)10-18-14-6-7-14/h2-5,8-9,11,14,18H,6-7,10,12H2,1H3. The maximum atomic E-state index is 5.76. The van der Waals surface area contributed by atoms with Crippen molar-refractivity contribution in [1.29, 1.82) is 0 Å². The number of hydrogen-bond acceptors (Lipinski definition) is 4. The lowest BCUT2D eigenvalue weighted by Crippen LogP contribution is -2.16. The Kier molecular flexibility index (Phi) is 4.36. The van der Waals surface area contributed by atoms with Gasteiger partial charge in [0.25, 0.3) is 0 Å². The molecule has 1 N–H and O–H groups in total. The van der Waals surface area contributed by atoms with Gasteiger partial charge in [-0.05, 0) is 31.0 Å². The number of benzene rings is 1. The SMILES string of the molecule is COc1ccccc1COc1ccc(CNC2CC2)nc1. The van der Waals surface area contributed by atoms with Crippen LogP contribution in [0.3, 0.4) is 0 Å². The summed E-state index contributed by atoms with van der Waals surface area (Å²) >= 11 is 0. The number of nitrogens with one attached hydrogen (secondary N) is 1. The van der Waals surface area contributed by atoms with E-state index >= 15 is 0 Å². The molecule has 0 unspecified atom stereocenters. The van der Waals surface area contributed by atoms with Crippen molar-refractivity contribution in [2.75, 3.05) is 7.11 Å². The number of aromatic nitrogens is 1. The molecule has 4 nitrogen and oxygen atoms in total. The lowest BCUT2D eigenvalue weighted by Gasteiger charge is -2.10. The van der Waals surface area contributed by atoms with Crippen LogP contribution in [0, 0.1) is 0 Å². The smallest absolute Gasteiger partial charge is 0.138 e. The van der Waals surface area contributed by atoms with E-state index in [4.69, 9.17) is 9.47 Å². The Morgan fingerprint density at radius 1 is 1.19 bits per heavy atom. The van der Waals surface area contributed by atoms with Gasteiger partial charge in [0, 0.05) is 18.2 Å². The topological polar surface area (TPSA) is 43.4 Å². The number of rotatable bonds is 7. The van der Waals surface area contributed by atoms with Crippen LogP contribution in [0.15, 0.2) is 42.6 Å². The van der Waals surface area contributed by atoms with Crippen LogP contribution in [-0.4, -0.2) is 18.1 Å². The van der Waals surface area contributed by atoms with E-state index in [-0.39, 0.29) is 0 Å². The van der Waals surface area contributed by atoms with Crippen LogP contribution in [0.25, 0.3) is 0 Å². The highest BCUT2D eigenvalue weighted by Gasteiger charge is 2.20. The molecule has 3 rings (SSSR count). The number of methoxy groups -OCH3 is 1. The largest absolute Gasteiger partial charge is 0.496 e. The monoisotopic (exact) mass is 284 g/mol. The van der Waals surface area contributed by atoms with E-state index in [1.165, 1.54) is 12.8 Å². The Balaban J connectivity index is 1.54. The van der Waals surface area contributed by atoms with Crippen LogP contribution in [0.2, 0.25) is 0 Å². The third kappa shape index (κ3) is 3.95. The highest BCUT2D eigenvalue weighted by molar-refractivity contribution is 5.33. The van der Waals surface area contributed by atoms with Crippen LogP contribution in [0.1, 0.15) is 24.1 Å². The van der Waals surface area contributed by atoms with E-state index < -0.39 is 0 Å². The summed E-state index contributed by atoms with van der Waals surface area (Å²) in [7, 11) is 1.67. The van der Waals surface area contributed by atoms with Crippen LogP contribution in [-0.2, 0) is 13.2 Å². The minimum atomic E-state index is 0.478. The van der Waals surface area contributed by atoms with Gasteiger partial charge in [-0.3, -0.25) is 4.98 Å². The van der Waals surface area contributed by atoms with Crippen LogP contribution >= 0.6 is 0 Å². The fourth-order valence-corrected chi connectivity index (χ4v) is 2.12. The van der Waals surface area contributed by atoms with Gasteiger partial charge in [-0.15, -0.1) is 0 Å². The van der Waals surface area contributed by atoms with Gasteiger partial charge in [-0.1, -0.05) is 18.2 Å². The molecule has 0 bridgehead atoms. The first kappa shape index (κ1) is 13.9. The Labute approximate surface area is 125 Å². The zero-order valence-corrected chi connectivity index (χ0v) is 12.2. The Morgan fingerprint density at radius 3 is 2.76 bits per heavy atom. The number of ether oxygens (including phenoxy) is 2. The highest BCUT2D eigenvalue weighted by atomic mass is 16.5. The van der Waals surface area contributed by atoms with Crippen LogP contribution in [0.4, 0.5) is 0 Å². The Hall–Kier alpha value is -2.07. The average Bonchev–Trinajstić information content (AvgIpc) is 3.36. The second-order valence-electron chi connectivity index (χ2n) is 5.24. The van der Waals surface area contributed by atoms with Crippen molar-refractivity contribution in [2.24, 2.45) is 0 Å². The first-order valence-corrected chi connectivity index (χ1v) is 7.28. The van der Waals surface area contributed by atoms with E-state index in [0.717, 1.165) is 29.3 Å². The van der Waals surface area contributed by atoms with Gasteiger partial charge >= 0.3 is 0 Å².